The van der Waals surface area contributed by atoms with Crippen molar-refractivity contribution in [3.63, 3.8) is 0 Å². The van der Waals surface area contributed by atoms with Crippen LogP contribution in [0.2, 0.25) is 0 Å². The molecule has 2 rings (SSSR count). The highest BCUT2D eigenvalue weighted by molar-refractivity contribution is 5.80. The Bertz CT molecular complexity index is 793. The maximum absolute atomic E-state index is 11.6. The van der Waals surface area contributed by atoms with Crippen molar-refractivity contribution in [2.24, 2.45) is 11.5 Å². The molecule has 1 fully saturated rings. The minimum absolute atomic E-state index is 0.371. The Morgan fingerprint density at radius 2 is 1.65 bits per heavy atom. The number of carboxylic acids is 2. The number of nitrogens with two attached hydrogens (primary N) is 2. The third kappa shape index (κ3) is 12.8. The van der Waals surface area contributed by atoms with Crippen LogP contribution in [0.25, 0.3) is 0 Å². The molecule has 1 aromatic carbocycles. The number of rotatable bonds is 5. The van der Waals surface area contributed by atoms with Crippen molar-refractivity contribution in [3.8, 4) is 0 Å². The Hall–Kier alpha value is -3.18. The first kappa shape index (κ1) is 30.8. The van der Waals surface area contributed by atoms with E-state index in [2.05, 4.69) is 4.74 Å². The molecule has 34 heavy (non-hydrogen) atoms. The highest BCUT2D eigenvalue weighted by Crippen LogP contribution is 2.20. The third-order valence-corrected chi connectivity index (χ3v) is 4.36. The van der Waals surface area contributed by atoms with Crippen molar-refractivity contribution in [1.82, 2.24) is 4.90 Å². The van der Waals surface area contributed by atoms with Gasteiger partial charge in [-0.05, 0) is 52.5 Å². The summed E-state index contributed by atoms with van der Waals surface area (Å²) in [4.78, 5) is 44.3. The molecule has 0 aliphatic carbocycles. The lowest BCUT2D eigenvalue weighted by Crippen LogP contribution is -2.43. The Balaban J connectivity index is 0.000000524. The molecule has 3 atom stereocenters. The summed E-state index contributed by atoms with van der Waals surface area (Å²) in [5.41, 5.74) is 10.9. The van der Waals surface area contributed by atoms with Crippen molar-refractivity contribution in [1.29, 1.82) is 0 Å². The largest absolute Gasteiger partial charge is 0.480 e. The molecule has 1 heterocycles. The van der Waals surface area contributed by atoms with E-state index in [-0.39, 0.29) is 5.97 Å². The summed E-state index contributed by atoms with van der Waals surface area (Å²) in [5.74, 6) is -2.29. The highest BCUT2D eigenvalue weighted by Gasteiger charge is 2.36. The molecule has 0 bridgehead atoms. The fourth-order valence-corrected chi connectivity index (χ4v) is 2.67. The van der Waals surface area contributed by atoms with Gasteiger partial charge >= 0.3 is 24.0 Å². The fraction of sp³-hybridized carbons (Fsp3) is 0.565. The number of aliphatic carboxylic acids is 2. The van der Waals surface area contributed by atoms with E-state index in [1.807, 2.05) is 30.3 Å². The quantitative estimate of drug-likeness (QED) is 0.449. The smallest absolute Gasteiger partial charge is 0.411 e. The molecule has 192 valence electrons. The molecule has 6 N–H and O–H groups in total. The van der Waals surface area contributed by atoms with Crippen LogP contribution in [-0.4, -0.2) is 76.5 Å². The Labute approximate surface area is 200 Å². The van der Waals surface area contributed by atoms with E-state index >= 15 is 0 Å². The van der Waals surface area contributed by atoms with Gasteiger partial charge in [0.2, 0.25) is 0 Å². The van der Waals surface area contributed by atoms with Crippen molar-refractivity contribution in [2.75, 3.05) is 13.7 Å². The highest BCUT2D eigenvalue weighted by atomic mass is 16.6. The summed E-state index contributed by atoms with van der Waals surface area (Å²) < 4.78 is 9.65. The lowest BCUT2D eigenvalue weighted by Gasteiger charge is -2.26. The number of carbonyl (C=O) groups is 4. The summed E-state index contributed by atoms with van der Waals surface area (Å²) in [6.45, 7) is 7.17. The summed E-state index contributed by atoms with van der Waals surface area (Å²) >= 11 is 0. The second-order valence-corrected chi connectivity index (χ2v) is 8.62. The van der Waals surface area contributed by atoms with Gasteiger partial charge in [0.25, 0.3) is 0 Å². The summed E-state index contributed by atoms with van der Waals surface area (Å²) in [6, 6.07) is 7.61. The van der Waals surface area contributed by atoms with Crippen LogP contribution >= 0.6 is 0 Å². The van der Waals surface area contributed by atoms with Crippen LogP contribution in [0.1, 0.15) is 46.1 Å². The van der Waals surface area contributed by atoms with Crippen LogP contribution in [0.15, 0.2) is 30.3 Å². The first-order valence-electron chi connectivity index (χ1n) is 10.8. The summed E-state index contributed by atoms with van der Waals surface area (Å²) in [7, 11) is 1.34. The number of hydrogen-bond acceptors (Lipinski definition) is 8. The summed E-state index contributed by atoms with van der Waals surface area (Å²) in [5, 5.41) is 16.7. The van der Waals surface area contributed by atoms with Gasteiger partial charge in [0.15, 0.2) is 0 Å². The van der Waals surface area contributed by atoms with E-state index in [9.17, 15) is 19.2 Å². The predicted molar refractivity (Wildman–Crippen MR) is 125 cm³/mol. The maximum Gasteiger partial charge on any atom is 0.411 e. The topological polar surface area (TPSA) is 182 Å². The van der Waals surface area contributed by atoms with Gasteiger partial charge in [-0.25, -0.2) is 9.59 Å². The molecular weight excluding hydrogens is 446 g/mol. The molecule has 11 heteroatoms. The van der Waals surface area contributed by atoms with Gasteiger partial charge in [-0.3, -0.25) is 14.5 Å². The first-order valence-corrected chi connectivity index (χ1v) is 10.8. The van der Waals surface area contributed by atoms with Crippen LogP contribution in [0.4, 0.5) is 4.79 Å². The minimum Gasteiger partial charge on any atom is -0.480 e. The molecule has 1 aliphatic heterocycles. The molecule has 1 amide bonds. The van der Waals surface area contributed by atoms with Gasteiger partial charge in [-0.2, -0.15) is 0 Å². The van der Waals surface area contributed by atoms with Gasteiger partial charge in [0.05, 0.1) is 7.11 Å². The van der Waals surface area contributed by atoms with E-state index in [4.69, 9.17) is 26.4 Å². The van der Waals surface area contributed by atoms with E-state index < -0.39 is 41.8 Å². The van der Waals surface area contributed by atoms with Gasteiger partial charge in [0.1, 0.15) is 23.7 Å². The molecule has 0 aromatic heterocycles. The van der Waals surface area contributed by atoms with Crippen LogP contribution in [0.5, 0.6) is 0 Å². The van der Waals surface area contributed by atoms with E-state index in [0.29, 0.717) is 19.4 Å². The lowest BCUT2D eigenvalue weighted by atomic mass is 10.1. The van der Waals surface area contributed by atoms with E-state index in [1.54, 1.807) is 20.8 Å². The Kier molecular flexibility index (Phi) is 13.5. The molecular formula is C23H37N3O8. The molecule has 1 aliphatic rings. The van der Waals surface area contributed by atoms with Gasteiger partial charge < -0.3 is 31.2 Å². The molecule has 1 aromatic rings. The zero-order chi connectivity index (χ0) is 26.5. The number of amides is 1. The normalized spacial score (nSPS) is 16.6. The molecule has 0 saturated carbocycles. The molecule has 1 saturated heterocycles. The van der Waals surface area contributed by atoms with Crippen LogP contribution in [-0.2, 0) is 30.3 Å². The molecule has 0 spiro atoms. The number of methoxy groups -OCH3 is 1. The van der Waals surface area contributed by atoms with Crippen molar-refractivity contribution >= 4 is 24.0 Å². The number of carbonyl (C=O) groups excluding carboxylic acids is 2. The summed E-state index contributed by atoms with van der Waals surface area (Å²) in [6.07, 6.45) is 1.21. The average Bonchev–Trinajstić information content (AvgIpc) is 3.24. The molecule has 11 nitrogen and oxygen atoms in total. The van der Waals surface area contributed by atoms with Crippen LogP contribution in [0.3, 0.4) is 0 Å². The standard InChI is InChI=1S/C10H17NO4.C10H13NO2.C3H7NO2/c1-10(2,3)15-9(14)11-6-4-5-7(11)8(12)13;1-13-10(12)9(11)7-8-5-3-2-4-6-8;1-2(4)3(5)6/h7H,4-6H2,1-3H3,(H,12,13);2-6,9H,7,11H2,1H3;2H,4H2,1H3,(H,5,6)/t7-;9-;2-/m000/s1. The molecule has 0 unspecified atom stereocenters. The van der Waals surface area contributed by atoms with Gasteiger partial charge in [-0.15, -0.1) is 0 Å². The lowest BCUT2D eigenvalue weighted by molar-refractivity contribution is -0.142. The van der Waals surface area contributed by atoms with Crippen LogP contribution in [0, 0.1) is 0 Å². The van der Waals surface area contributed by atoms with Crippen LogP contribution < -0.4 is 11.5 Å². The number of esters is 1. The van der Waals surface area contributed by atoms with E-state index in [1.165, 1.54) is 18.9 Å². The fourth-order valence-electron chi connectivity index (χ4n) is 2.67. The number of nitrogens with zero attached hydrogens (tertiary/aromatic N) is 1. The number of carboxylic acid groups (broad SMARTS) is 2. The maximum atomic E-state index is 11.6. The number of benzene rings is 1. The zero-order valence-corrected chi connectivity index (χ0v) is 20.4. The Morgan fingerprint density at radius 1 is 1.12 bits per heavy atom. The van der Waals surface area contributed by atoms with E-state index in [0.717, 1.165) is 12.0 Å². The monoisotopic (exact) mass is 483 g/mol. The van der Waals surface area contributed by atoms with Crippen molar-refractivity contribution in [2.45, 2.75) is 70.7 Å². The molecule has 0 radical (unpaired) electrons. The SMILES string of the molecule is CC(C)(C)OC(=O)N1CCC[C@H]1C(=O)O.COC(=O)[C@@H](N)Cc1ccccc1.C[C@H](N)C(=O)O. The number of likely N-dealkylation sites (tertiary alicyclic amines) is 1. The van der Waals surface area contributed by atoms with Gasteiger partial charge in [-0.1, -0.05) is 30.3 Å². The van der Waals surface area contributed by atoms with Crippen molar-refractivity contribution in [3.05, 3.63) is 35.9 Å². The predicted octanol–water partition coefficient (Wildman–Crippen LogP) is 1.62. The number of ether oxygens (including phenoxy) is 2. The minimum atomic E-state index is -0.963. The second-order valence-electron chi connectivity index (χ2n) is 8.62. The zero-order valence-electron chi connectivity index (χ0n) is 20.4. The first-order chi connectivity index (χ1) is 15.7. The van der Waals surface area contributed by atoms with Crippen molar-refractivity contribution < 1.29 is 38.9 Å². The number of hydrogen-bond donors (Lipinski definition) is 4. The third-order valence-electron chi connectivity index (χ3n) is 4.36. The van der Waals surface area contributed by atoms with Gasteiger partial charge in [0, 0.05) is 6.54 Å². The Morgan fingerprint density at radius 3 is 2.06 bits per heavy atom. The average molecular weight is 484 g/mol. The second kappa shape index (κ2) is 14.9.